The second kappa shape index (κ2) is 13.7. The first-order valence-corrected chi connectivity index (χ1v) is 16.0. The number of ether oxygens (including phenoxy) is 2. The van der Waals surface area contributed by atoms with Gasteiger partial charge in [0.2, 0.25) is 0 Å². The van der Waals surface area contributed by atoms with Crippen LogP contribution in [0.25, 0.3) is 22.2 Å². The number of aliphatic hydroxyl groups excluding tert-OH is 1. The number of benzene rings is 5. The van der Waals surface area contributed by atoms with Crippen molar-refractivity contribution in [3.8, 4) is 11.1 Å². The lowest BCUT2D eigenvalue weighted by Crippen LogP contribution is -2.39. The van der Waals surface area contributed by atoms with E-state index in [1.54, 1.807) is 0 Å². The molecule has 1 saturated heterocycles. The molecule has 2 heterocycles. The van der Waals surface area contributed by atoms with E-state index in [0.717, 1.165) is 44.4 Å². The van der Waals surface area contributed by atoms with Gasteiger partial charge in [0.05, 0.1) is 42.7 Å². The predicted molar refractivity (Wildman–Crippen MR) is 182 cm³/mol. The molecule has 7 nitrogen and oxygen atoms in total. The van der Waals surface area contributed by atoms with Gasteiger partial charge in [0.1, 0.15) is 0 Å². The summed E-state index contributed by atoms with van der Waals surface area (Å²) in [6, 6.07) is 41.8. The summed E-state index contributed by atoms with van der Waals surface area (Å²) in [5.74, 6) is -0.0555. The highest BCUT2D eigenvalue weighted by Gasteiger charge is 2.38. The minimum atomic E-state index is -0.581. The third kappa shape index (κ3) is 6.60. The zero-order valence-electron chi connectivity index (χ0n) is 26.2. The van der Waals surface area contributed by atoms with Crippen LogP contribution >= 0.6 is 0 Å². The van der Waals surface area contributed by atoms with Gasteiger partial charge in [0.15, 0.2) is 6.29 Å². The van der Waals surface area contributed by atoms with Crippen LogP contribution in [0.4, 0.5) is 0 Å². The highest BCUT2D eigenvalue weighted by molar-refractivity contribution is 5.94. The Balaban J connectivity index is 1.14. The molecule has 2 N–H and O–H groups in total. The molecule has 7 rings (SSSR count). The summed E-state index contributed by atoms with van der Waals surface area (Å²) in [5.41, 5.74) is 8.62. The fourth-order valence-electron chi connectivity index (χ4n) is 6.32. The molecule has 47 heavy (non-hydrogen) atoms. The largest absolute Gasteiger partial charge is 0.392 e. The van der Waals surface area contributed by atoms with Crippen molar-refractivity contribution in [2.24, 2.45) is 5.92 Å². The lowest BCUT2D eigenvalue weighted by molar-refractivity contribution is -0.276. The Bertz CT molecular complexity index is 1950. The molecule has 0 aliphatic carbocycles. The highest BCUT2D eigenvalue weighted by Crippen LogP contribution is 2.42. The number of carbonyl (C=O) groups is 1. The number of nitrogens with one attached hydrogen (secondary N) is 1. The molecule has 0 saturated carbocycles. The maximum atomic E-state index is 12.7. The Hall–Kier alpha value is -5.08. The summed E-state index contributed by atoms with van der Waals surface area (Å²) in [6.45, 7) is 3.21. The van der Waals surface area contributed by atoms with Crippen molar-refractivity contribution in [1.29, 1.82) is 0 Å². The van der Waals surface area contributed by atoms with Gasteiger partial charge in [-0.05, 0) is 52.1 Å². The molecule has 7 heteroatoms. The molecule has 0 radical (unpaired) electrons. The van der Waals surface area contributed by atoms with E-state index in [4.69, 9.17) is 9.47 Å². The van der Waals surface area contributed by atoms with E-state index in [1.807, 2.05) is 97.3 Å². The van der Waals surface area contributed by atoms with E-state index in [9.17, 15) is 9.90 Å². The van der Waals surface area contributed by atoms with Gasteiger partial charge in [0.25, 0.3) is 5.91 Å². The topological polar surface area (TPSA) is 85.6 Å². The molecule has 1 aromatic heterocycles. The van der Waals surface area contributed by atoms with Crippen molar-refractivity contribution in [1.82, 2.24) is 14.9 Å². The van der Waals surface area contributed by atoms with Crippen molar-refractivity contribution in [3.05, 3.63) is 162 Å². The number of para-hydroxylation sites is 2. The molecule has 4 atom stereocenters. The molecule has 1 fully saturated rings. The molecule has 6 aromatic rings. The monoisotopic (exact) mass is 623 g/mol. The number of aromatic nitrogens is 2. The lowest BCUT2D eigenvalue weighted by atomic mass is 9.90. The average Bonchev–Trinajstić information content (AvgIpc) is 3.54. The first kappa shape index (κ1) is 30.6. The van der Waals surface area contributed by atoms with Gasteiger partial charge < -0.3 is 24.5 Å². The summed E-state index contributed by atoms with van der Waals surface area (Å²) in [5, 5.41) is 12.7. The Morgan fingerprint density at radius 1 is 0.809 bits per heavy atom. The van der Waals surface area contributed by atoms with Crippen LogP contribution in [0, 0.1) is 5.92 Å². The molecule has 0 bridgehead atoms. The molecule has 0 unspecified atom stereocenters. The molecule has 1 aliphatic rings. The maximum Gasteiger partial charge on any atom is 0.251 e. The molecule has 1 aliphatic heterocycles. The van der Waals surface area contributed by atoms with Crippen molar-refractivity contribution in [2.75, 3.05) is 0 Å². The van der Waals surface area contributed by atoms with Crippen molar-refractivity contribution >= 4 is 16.9 Å². The molecule has 1 amide bonds. The summed E-state index contributed by atoms with van der Waals surface area (Å²) in [7, 11) is 0. The van der Waals surface area contributed by atoms with Gasteiger partial charge in [-0.2, -0.15) is 0 Å². The van der Waals surface area contributed by atoms with Gasteiger partial charge >= 0.3 is 0 Å². The van der Waals surface area contributed by atoms with Crippen LogP contribution in [0.2, 0.25) is 0 Å². The van der Waals surface area contributed by atoms with Crippen molar-refractivity contribution < 1.29 is 19.4 Å². The van der Waals surface area contributed by atoms with Gasteiger partial charge in [-0.1, -0.05) is 110 Å². The first-order valence-electron chi connectivity index (χ1n) is 16.0. The maximum absolute atomic E-state index is 12.7. The SMILES string of the molecule is C[C@@H]1[C@H](Cn2cnc3ccccc32)O[C@H](c2ccc(-c3ccccc3CNC(=O)c3ccccc3)cc2)O[C@@H]1c1ccc(CO)cc1. The standard InChI is InChI=1S/C40H37N3O4/c1-27-37(24-43-26-42-35-13-7-8-14-36(35)43)46-40(47-38(27)30-17-15-28(25-44)16-18-30)32-21-19-29(20-22-32)34-12-6-5-11-33(34)23-41-39(45)31-9-3-2-4-10-31/h2-22,26-27,37-38,40,44H,23-25H2,1H3,(H,41,45)/t27-,37+,38+,40+/m1/s1. The van der Waals surface area contributed by atoms with Crippen molar-refractivity contribution in [3.63, 3.8) is 0 Å². The van der Waals surface area contributed by atoms with E-state index >= 15 is 0 Å². The quantitative estimate of drug-likeness (QED) is 0.173. The molecule has 236 valence electrons. The van der Waals surface area contributed by atoms with E-state index in [-0.39, 0.29) is 30.6 Å². The average molecular weight is 624 g/mol. The number of amides is 1. The summed E-state index contributed by atoms with van der Waals surface area (Å²) >= 11 is 0. The number of aliphatic hydroxyl groups is 1. The minimum Gasteiger partial charge on any atom is -0.392 e. The zero-order chi connectivity index (χ0) is 32.2. The second-order valence-electron chi connectivity index (χ2n) is 12.0. The number of rotatable bonds is 9. The van der Waals surface area contributed by atoms with Gasteiger partial charge in [-0.3, -0.25) is 4.79 Å². The Labute approximate surface area is 274 Å². The summed E-state index contributed by atoms with van der Waals surface area (Å²) in [4.78, 5) is 17.3. The van der Waals surface area contributed by atoms with Gasteiger partial charge in [0, 0.05) is 23.6 Å². The normalized spacial score (nSPS) is 19.4. The van der Waals surface area contributed by atoms with Crippen LogP contribution in [-0.2, 0) is 29.2 Å². The highest BCUT2D eigenvalue weighted by atomic mass is 16.7. The smallest absolute Gasteiger partial charge is 0.251 e. The van der Waals surface area contributed by atoms with E-state index < -0.39 is 6.29 Å². The van der Waals surface area contributed by atoms with Crippen LogP contribution in [0.5, 0.6) is 0 Å². The number of nitrogens with zero attached hydrogens (tertiary/aromatic N) is 2. The zero-order valence-corrected chi connectivity index (χ0v) is 26.2. The van der Waals surface area contributed by atoms with E-state index in [1.165, 1.54) is 0 Å². The first-order chi connectivity index (χ1) is 23.1. The van der Waals surface area contributed by atoms with Gasteiger partial charge in [-0.25, -0.2) is 4.98 Å². The van der Waals surface area contributed by atoms with Crippen molar-refractivity contribution in [2.45, 2.75) is 45.1 Å². The van der Waals surface area contributed by atoms with Crippen LogP contribution in [0.1, 0.15) is 51.9 Å². The fraction of sp³-hybridized carbons (Fsp3) is 0.200. The Morgan fingerprint density at radius 2 is 1.51 bits per heavy atom. The number of imidazole rings is 1. The third-order valence-corrected chi connectivity index (χ3v) is 9.01. The minimum absolute atomic E-state index is 0.00169. The molecular formula is C40H37N3O4. The van der Waals surface area contributed by atoms with Gasteiger partial charge in [-0.15, -0.1) is 0 Å². The second-order valence-corrected chi connectivity index (χ2v) is 12.0. The van der Waals surface area contributed by atoms with Crippen LogP contribution in [-0.4, -0.2) is 26.7 Å². The predicted octanol–water partition coefficient (Wildman–Crippen LogP) is 7.62. The Kier molecular flexibility index (Phi) is 8.93. The lowest BCUT2D eigenvalue weighted by Gasteiger charge is -2.41. The molecule has 0 spiro atoms. The van der Waals surface area contributed by atoms with Crippen LogP contribution < -0.4 is 5.32 Å². The number of fused-ring (bicyclic) bond motifs is 1. The fourth-order valence-corrected chi connectivity index (χ4v) is 6.32. The van der Waals surface area contributed by atoms with Crippen LogP contribution in [0.3, 0.4) is 0 Å². The Morgan fingerprint density at radius 3 is 2.30 bits per heavy atom. The summed E-state index contributed by atoms with van der Waals surface area (Å²) < 4.78 is 15.6. The number of carbonyl (C=O) groups excluding carboxylic acids is 1. The number of hydrogen-bond acceptors (Lipinski definition) is 5. The summed E-state index contributed by atoms with van der Waals surface area (Å²) in [6.07, 6.45) is 0.936. The molecule has 5 aromatic carbocycles. The number of hydrogen-bond donors (Lipinski definition) is 2. The van der Waals surface area contributed by atoms with Crippen LogP contribution in [0.15, 0.2) is 134 Å². The van der Waals surface area contributed by atoms with E-state index in [2.05, 4.69) is 58.2 Å². The molecular weight excluding hydrogens is 586 g/mol. The van der Waals surface area contributed by atoms with E-state index in [0.29, 0.717) is 18.7 Å². The third-order valence-electron chi connectivity index (χ3n) is 9.01.